The van der Waals surface area contributed by atoms with Gasteiger partial charge in [0.25, 0.3) is 0 Å². The second-order valence-corrected chi connectivity index (χ2v) is 5.84. The minimum Gasteiger partial charge on any atom is -0.350 e. The molecule has 2 aromatic rings. The molecule has 0 unspecified atom stereocenters. The van der Waals surface area contributed by atoms with Crippen molar-refractivity contribution in [2.45, 2.75) is 32.2 Å². The number of carbonyl (C=O) groups excluding carboxylic acids is 1. The summed E-state index contributed by atoms with van der Waals surface area (Å²) in [5.74, 6) is 0.348. The lowest BCUT2D eigenvalue weighted by Crippen LogP contribution is -2.29. The Morgan fingerprint density at radius 1 is 1.30 bits per heavy atom. The van der Waals surface area contributed by atoms with Gasteiger partial charge in [-0.25, -0.2) is 0 Å². The maximum Gasteiger partial charge on any atom is 0.223 e. The fourth-order valence-electron chi connectivity index (χ4n) is 2.64. The normalized spacial score (nSPS) is 15.4. The molecule has 0 atom stereocenters. The van der Waals surface area contributed by atoms with Crippen molar-refractivity contribution in [2.24, 2.45) is 5.92 Å². The van der Waals surface area contributed by atoms with Crippen LogP contribution in [0.1, 0.15) is 31.4 Å². The quantitative estimate of drug-likeness (QED) is 0.940. The minimum atomic E-state index is 0.157. The van der Waals surface area contributed by atoms with E-state index in [2.05, 4.69) is 15.3 Å². The molecule has 0 saturated heterocycles. The third kappa shape index (κ3) is 2.88. The van der Waals surface area contributed by atoms with Crippen molar-refractivity contribution in [3.63, 3.8) is 0 Å². The molecule has 1 aliphatic carbocycles. The van der Waals surface area contributed by atoms with E-state index >= 15 is 0 Å². The molecule has 1 aliphatic rings. The minimum absolute atomic E-state index is 0.157. The van der Waals surface area contributed by atoms with Gasteiger partial charge in [0, 0.05) is 29.3 Å². The van der Waals surface area contributed by atoms with Crippen molar-refractivity contribution in [1.82, 2.24) is 15.3 Å². The largest absolute Gasteiger partial charge is 0.350 e. The van der Waals surface area contributed by atoms with E-state index in [0.717, 1.165) is 29.8 Å². The Morgan fingerprint density at radius 3 is 2.85 bits per heavy atom. The first kappa shape index (κ1) is 13.2. The highest BCUT2D eigenvalue weighted by Crippen LogP contribution is 2.25. The molecule has 0 spiro atoms. The maximum atomic E-state index is 12.1. The molecule has 5 heteroatoms. The number of hydrogen-bond acceptors (Lipinski definition) is 4. The van der Waals surface area contributed by atoms with E-state index in [4.69, 9.17) is 0 Å². The number of amides is 1. The van der Waals surface area contributed by atoms with Crippen LogP contribution < -0.4 is 5.32 Å². The molecule has 3 rings (SSSR count). The Balaban J connectivity index is 1.70. The molecule has 2 aromatic heterocycles. The van der Waals surface area contributed by atoms with Gasteiger partial charge in [0.15, 0.2) is 0 Å². The van der Waals surface area contributed by atoms with Crippen molar-refractivity contribution in [2.75, 3.05) is 0 Å². The Kier molecular flexibility index (Phi) is 4.06. The molecule has 0 aromatic carbocycles. The first-order valence-corrected chi connectivity index (χ1v) is 7.89. The molecule has 0 bridgehead atoms. The number of hydrogen-bond donors (Lipinski definition) is 1. The predicted molar refractivity (Wildman–Crippen MR) is 79.1 cm³/mol. The Hall–Kier alpha value is -1.75. The Morgan fingerprint density at radius 2 is 2.10 bits per heavy atom. The highest BCUT2D eigenvalue weighted by Gasteiger charge is 2.22. The van der Waals surface area contributed by atoms with Gasteiger partial charge in [0.1, 0.15) is 0 Å². The van der Waals surface area contributed by atoms with Crippen LogP contribution >= 0.6 is 11.3 Å². The van der Waals surface area contributed by atoms with E-state index in [-0.39, 0.29) is 11.8 Å². The smallest absolute Gasteiger partial charge is 0.223 e. The van der Waals surface area contributed by atoms with Gasteiger partial charge in [0.05, 0.1) is 17.9 Å². The molecule has 4 nitrogen and oxygen atoms in total. The highest BCUT2D eigenvalue weighted by atomic mass is 32.1. The van der Waals surface area contributed by atoms with E-state index in [9.17, 15) is 4.79 Å². The molecule has 1 saturated carbocycles. The van der Waals surface area contributed by atoms with Crippen molar-refractivity contribution < 1.29 is 4.79 Å². The SMILES string of the molecule is O=C(NCc1nccnc1-c1ccsc1)C1CCCC1. The summed E-state index contributed by atoms with van der Waals surface area (Å²) in [4.78, 5) is 20.8. The predicted octanol–water partition coefficient (Wildman–Crippen LogP) is 3.01. The van der Waals surface area contributed by atoms with Gasteiger partial charge in [-0.05, 0) is 24.3 Å². The molecule has 1 fully saturated rings. The van der Waals surface area contributed by atoms with Gasteiger partial charge in [-0.15, -0.1) is 0 Å². The number of thiophene rings is 1. The third-order valence-corrected chi connectivity index (χ3v) is 4.41. The van der Waals surface area contributed by atoms with Crippen LogP contribution in [0.3, 0.4) is 0 Å². The third-order valence-electron chi connectivity index (χ3n) is 3.72. The standard InChI is InChI=1S/C15H17N3OS/c19-15(11-3-1-2-4-11)18-9-13-14(17-7-6-16-13)12-5-8-20-10-12/h5-8,10-11H,1-4,9H2,(H,18,19). The summed E-state index contributed by atoms with van der Waals surface area (Å²) in [6, 6.07) is 2.02. The fraction of sp³-hybridized carbons (Fsp3) is 0.400. The molecular weight excluding hydrogens is 270 g/mol. The molecule has 1 amide bonds. The highest BCUT2D eigenvalue weighted by molar-refractivity contribution is 7.08. The number of nitrogens with one attached hydrogen (secondary N) is 1. The first-order chi connectivity index (χ1) is 9.84. The van der Waals surface area contributed by atoms with E-state index in [1.54, 1.807) is 23.7 Å². The molecule has 0 radical (unpaired) electrons. The fourth-order valence-corrected chi connectivity index (χ4v) is 3.28. The Bertz CT molecular complexity index is 577. The molecule has 1 N–H and O–H groups in total. The second-order valence-electron chi connectivity index (χ2n) is 5.06. The van der Waals surface area contributed by atoms with Crippen molar-refractivity contribution >= 4 is 17.2 Å². The topological polar surface area (TPSA) is 54.9 Å². The zero-order valence-corrected chi connectivity index (χ0v) is 12.0. The maximum absolute atomic E-state index is 12.1. The number of rotatable bonds is 4. The summed E-state index contributed by atoms with van der Waals surface area (Å²) in [5, 5.41) is 7.07. The van der Waals surface area contributed by atoms with Crippen LogP contribution in [-0.4, -0.2) is 15.9 Å². The van der Waals surface area contributed by atoms with Crippen LogP contribution in [-0.2, 0) is 11.3 Å². The molecular formula is C15H17N3OS. The van der Waals surface area contributed by atoms with Crippen LogP contribution in [0.4, 0.5) is 0 Å². The van der Waals surface area contributed by atoms with E-state index in [1.165, 1.54) is 12.8 Å². The van der Waals surface area contributed by atoms with Gasteiger partial charge < -0.3 is 5.32 Å². The summed E-state index contributed by atoms with van der Waals surface area (Å²) in [6.45, 7) is 0.453. The van der Waals surface area contributed by atoms with E-state index in [0.29, 0.717) is 6.54 Å². The van der Waals surface area contributed by atoms with Crippen LogP contribution in [0.2, 0.25) is 0 Å². The summed E-state index contributed by atoms with van der Waals surface area (Å²) in [6.07, 6.45) is 7.74. The lowest BCUT2D eigenvalue weighted by Gasteiger charge is -2.11. The van der Waals surface area contributed by atoms with E-state index in [1.807, 2.05) is 16.8 Å². The van der Waals surface area contributed by atoms with Crippen LogP contribution in [0.15, 0.2) is 29.2 Å². The van der Waals surface area contributed by atoms with Gasteiger partial charge >= 0.3 is 0 Å². The van der Waals surface area contributed by atoms with Gasteiger partial charge in [0.2, 0.25) is 5.91 Å². The molecule has 20 heavy (non-hydrogen) atoms. The van der Waals surface area contributed by atoms with Crippen molar-refractivity contribution in [3.05, 3.63) is 34.9 Å². The molecule has 0 aliphatic heterocycles. The summed E-state index contributed by atoms with van der Waals surface area (Å²) in [7, 11) is 0. The average molecular weight is 287 g/mol. The van der Waals surface area contributed by atoms with Crippen LogP contribution in [0.5, 0.6) is 0 Å². The lowest BCUT2D eigenvalue weighted by atomic mass is 10.1. The van der Waals surface area contributed by atoms with Crippen molar-refractivity contribution in [3.8, 4) is 11.3 Å². The zero-order chi connectivity index (χ0) is 13.8. The lowest BCUT2D eigenvalue weighted by molar-refractivity contribution is -0.124. The Labute approximate surface area is 122 Å². The molecule has 2 heterocycles. The van der Waals surface area contributed by atoms with Crippen LogP contribution in [0, 0.1) is 5.92 Å². The molecule has 104 valence electrons. The summed E-state index contributed by atoms with van der Waals surface area (Å²) in [5.41, 5.74) is 2.76. The average Bonchev–Trinajstić information content (AvgIpc) is 3.17. The number of nitrogens with zero attached hydrogens (tertiary/aromatic N) is 2. The van der Waals surface area contributed by atoms with Gasteiger partial charge in [-0.2, -0.15) is 11.3 Å². The second kappa shape index (κ2) is 6.13. The zero-order valence-electron chi connectivity index (χ0n) is 11.2. The van der Waals surface area contributed by atoms with E-state index < -0.39 is 0 Å². The summed E-state index contributed by atoms with van der Waals surface area (Å²) < 4.78 is 0. The van der Waals surface area contributed by atoms with Gasteiger partial charge in [-0.3, -0.25) is 14.8 Å². The van der Waals surface area contributed by atoms with Gasteiger partial charge in [-0.1, -0.05) is 12.8 Å². The summed E-state index contributed by atoms with van der Waals surface area (Å²) >= 11 is 1.63. The first-order valence-electron chi connectivity index (χ1n) is 6.95. The number of carbonyl (C=O) groups is 1. The van der Waals surface area contributed by atoms with Crippen LogP contribution in [0.25, 0.3) is 11.3 Å². The monoisotopic (exact) mass is 287 g/mol. The van der Waals surface area contributed by atoms with Crippen molar-refractivity contribution in [1.29, 1.82) is 0 Å². The number of aromatic nitrogens is 2.